The van der Waals surface area contributed by atoms with Gasteiger partial charge in [0.2, 0.25) is 0 Å². The van der Waals surface area contributed by atoms with Crippen LogP contribution in [0.4, 0.5) is 5.69 Å². The second-order valence-corrected chi connectivity index (χ2v) is 4.40. The Morgan fingerprint density at radius 3 is 2.44 bits per heavy atom. The lowest BCUT2D eigenvalue weighted by Crippen LogP contribution is -1.84. The average Bonchev–Trinajstić information content (AvgIpc) is 2.38. The second kappa shape index (κ2) is 5.69. The number of nitrogens with zero attached hydrogens (tertiary/aromatic N) is 1. The van der Waals surface area contributed by atoms with Gasteiger partial charge in [-0.2, -0.15) is 0 Å². The minimum atomic E-state index is 0.732. The van der Waals surface area contributed by atoms with Crippen LogP contribution in [0.3, 0.4) is 0 Å². The smallest absolute Gasteiger partial charge is 0.118 e. The first-order valence-electron chi connectivity index (χ1n) is 5.63. The van der Waals surface area contributed by atoms with Crippen LogP contribution in [-0.4, -0.2) is 13.3 Å². The number of methoxy groups -OCH3 is 1. The maximum absolute atomic E-state index is 5.90. The molecule has 0 aromatic heterocycles. The van der Waals surface area contributed by atoms with Gasteiger partial charge < -0.3 is 4.74 Å². The quantitative estimate of drug-likeness (QED) is 0.749. The lowest BCUT2D eigenvalue weighted by molar-refractivity contribution is 0.415. The summed E-state index contributed by atoms with van der Waals surface area (Å²) >= 11 is 5.90. The van der Waals surface area contributed by atoms with Crippen molar-refractivity contribution in [3.8, 4) is 5.75 Å². The highest BCUT2D eigenvalue weighted by Gasteiger charge is 1.96. The van der Waals surface area contributed by atoms with Gasteiger partial charge in [-0.3, -0.25) is 4.99 Å². The molecule has 2 rings (SSSR count). The summed E-state index contributed by atoms with van der Waals surface area (Å²) in [4.78, 5) is 4.45. The van der Waals surface area contributed by atoms with Gasteiger partial charge >= 0.3 is 0 Å². The molecule has 0 unspecified atom stereocenters. The zero-order valence-corrected chi connectivity index (χ0v) is 11.1. The van der Waals surface area contributed by atoms with Crippen LogP contribution >= 0.6 is 11.6 Å². The zero-order chi connectivity index (χ0) is 13.0. The zero-order valence-electron chi connectivity index (χ0n) is 10.4. The molecular formula is C15H14ClNO. The molecule has 0 aliphatic carbocycles. The Morgan fingerprint density at radius 2 is 1.83 bits per heavy atom. The fourth-order valence-electron chi connectivity index (χ4n) is 1.60. The number of rotatable bonds is 3. The molecule has 2 nitrogen and oxygen atoms in total. The molecule has 92 valence electrons. The third kappa shape index (κ3) is 3.11. The van der Waals surface area contributed by atoms with E-state index < -0.39 is 0 Å². The lowest BCUT2D eigenvalue weighted by Gasteiger charge is -2.01. The number of halogens is 1. The molecule has 0 heterocycles. The molecular weight excluding hydrogens is 246 g/mol. The first kappa shape index (κ1) is 12.7. The van der Waals surface area contributed by atoms with Gasteiger partial charge in [0, 0.05) is 11.2 Å². The Kier molecular flexibility index (Phi) is 4.00. The molecule has 2 aromatic rings. The molecule has 2 aromatic carbocycles. The average molecular weight is 260 g/mol. The highest BCUT2D eigenvalue weighted by atomic mass is 35.5. The van der Waals surface area contributed by atoms with Crippen molar-refractivity contribution in [2.75, 3.05) is 7.11 Å². The first-order chi connectivity index (χ1) is 8.69. The summed E-state index contributed by atoms with van der Waals surface area (Å²) in [6.45, 7) is 1.99. The fraction of sp³-hybridized carbons (Fsp3) is 0.133. The molecule has 18 heavy (non-hydrogen) atoms. The van der Waals surface area contributed by atoms with E-state index in [1.807, 2.05) is 55.6 Å². The van der Waals surface area contributed by atoms with Gasteiger partial charge in [0.1, 0.15) is 5.75 Å². The van der Waals surface area contributed by atoms with Crippen molar-refractivity contribution in [1.29, 1.82) is 0 Å². The number of aryl methyl sites for hydroxylation is 1. The molecule has 0 N–H and O–H groups in total. The van der Waals surface area contributed by atoms with Crippen LogP contribution in [-0.2, 0) is 0 Å². The normalized spacial score (nSPS) is 10.8. The summed E-state index contributed by atoms with van der Waals surface area (Å²) in [5, 5.41) is 0.732. The van der Waals surface area contributed by atoms with Gasteiger partial charge in [0.05, 0.1) is 12.8 Å². The molecule has 0 fully saturated rings. The largest absolute Gasteiger partial charge is 0.497 e. The molecule has 0 radical (unpaired) electrons. The molecule has 0 spiro atoms. The second-order valence-electron chi connectivity index (χ2n) is 3.96. The molecule has 0 aliphatic heterocycles. The van der Waals surface area contributed by atoms with Gasteiger partial charge in [0.15, 0.2) is 0 Å². The van der Waals surface area contributed by atoms with Crippen LogP contribution in [0.15, 0.2) is 47.5 Å². The standard InChI is InChI=1S/C15H14ClNO/c1-11-9-13(16)5-8-15(11)17-10-12-3-6-14(18-2)7-4-12/h3-10H,1-2H3. The van der Waals surface area contributed by atoms with E-state index in [4.69, 9.17) is 16.3 Å². The van der Waals surface area contributed by atoms with Crippen LogP contribution in [0.25, 0.3) is 0 Å². The van der Waals surface area contributed by atoms with E-state index in [1.165, 1.54) is 0 Å². The monoisotopic (exact) mass is 259 g/mol. The van der Waals surface area contributed by atoms with Crippen LogP contribution < -0.4 is 4.74 Å². The predicted molar refractivity (Wildman–Crippen MR) is 76.4 cm³/mol. The minimum Gasteiger partial charge on any atom is -0.497 e. The molecule has 0 aliphatic rings. The molecule has 0 saturated heterocycles. The van der Waals surface area contributed by atoms with Crippen molar-refractivity contribution in [2.45, 2.75) is 6.92 Å². The number of hydrogen-bond acceptors (Lipinski definition) is 2. The highest BCUT2D eigenvalue weighted by molar-refractivity contribution is 6.30. The summed E-state index contributed by atoms with van der Waals surface area (Å²) in [5.41, 5.74) is 3.02. The Morgan fingerprint density at radius 1 is 1.11 bits per heavy atom. The summed E-state index contributed by atoms with van der Waals surface area (Å²) in [5.74, 6) is 0.842. The van der Waals surface area contributed by atoms with Crippen molar-refractivity contribution in [2.24, 2.45) is 4.99 Å². The number of ether oxygens (including phenoxy) is 1. The third-order valence-electron chi connectivity index (χ3n) is 2.63. The van der Waals surface area contributed by atoms with E-state index in [9.17, 15) is 0 Å². The topological polar surface area (TPSA) is 21.6 Å². The van der Waals surface area contributed by atoms with Crippen LogP contribution in [0, 0.1) is 6.92 Å². The molecule has 0 saturated carbocycles. The predicted octanol–water partition coefficient (Wildman–Crippen LogP) is 4.41. The number of benzene rings is 2. The van der Waals surface area contributed by atoms with Crippen LogP contribution in [0.1, 0.15) is 11.1 Å². The van der Waals surface area contributed by atoms with E-state index in [0.29, 0.717) is 0 Å². The first-order valence-corrected chi connectivity index (χ1v) is 6.01. The number of aliphatic imine (C=N–C) groups is 1. The fourth-order valence-corrected chi connectivity index (χ4v) is 1.82. The van der Waals surface area contributed by atoms with Crippen molar-refractivity contribution in [3.63, 3.8) is 0 Å². The minimum absolute atomic E-state index is 0.732. The Hall–Kier alpha value is -1.80. The molecule has 3 heteroatoms. The van der Waals surface area contributed by atoms with Gasteiger partial charge in [-0.25, -0.2) is 0 Å². The van der Waals surface area contributed by atoms with Crippen LogP contribution in [0.5, 0.6) is 5.75 Å². The van der Waals surface area contributed by atoms with Crippen LogP contribution in [0.2, 0.25) is 5.02 Å². The lowest BCUT2D eigenvalue weighted by atomic mass is 10.2. The van der Waals surface area contributed by atoms with Crippen molar-refractivity contribution in [3.05, 3.63) is 58.6 Å². The van der Waals surface area contributed by atoms with E-state index in [2.05, 4.69) is 4.99 Å². The van der Waals surface area contributed by atoms with E-state index in [1.54, 1.807) is 7.11 Å². The third-order valence-corrected chi connectivity index (χ3v) is 2.86. The molecule has 0 atom stereocenters. The summed E-state index contributed by atoms with van der Waals surface area (Å²) < 4.78 is 5.11. The summed E-state index contributed by atoms with van der Waals surface area (Å²) in [6.07, 6.45) is 1.83. The van der Waals surface area contributed by atoms with Gasteiger partial charge in [0.25, 0.3) is 0 Å². The Labute approximate surface area is 112 Å². The SMILES string of the molecule is COc1ccc(C=Nc2ccc(Cl)cc2C)cc1. The molecule has 0 bridgehead atoms. The van der Waals surface area contributed by atoms with Gasteiger partial charge in [-0.15, -0.1) is 0 Å². The van der Waals surface area contributed by atoms with E-state index in [-0.39, 0.29) is 0 Å². The maximum Gasteiger partial charge on any atom is 0.118 e. The van der Waals surface area contributed by atoms with Crippen molar-refractivity contribution >= 4 is 23.5 Å². The maximum atomic E-state index is 5.90. The molecule has 0 amide bonds. The summed E-state index contributed by atoms with van der Waals surface area (Å²) in [6, 6.07) is 13.4. The number of hydrogen-bond donors (Lipinski definition) is 0. The van der Waals surface area contributed by atoms with Crippen molar-refractivity contribution < 1.29 is 4.74 Å². The Balaban J connectivity index is 2.19. The van der Waals surface area contributed by atoms with E-state index in [0.717, 1.165) is 27.6 Å². The van der Waals surface area contributed by atoms with E-state index >= 15 is 0 Å². The van der Waals surface area contributed by atoms with Gasteiger partial charge in [-0.05, 0) is 60.5 Å². The van der Waals surface area contributed by atoms with Gasteiger partial charge in [-0.1, -0.05) is 11.6 Å². The summed E-state index contributed by atoms with van der Waals surface area (Å²) in [7, 11) is 1.65. The van der Waals surface area contributed by atoms with Crippen molar-refractivity contribution in [1.82, 2.24) is 0 Å². The Bertz CT molecular complexity index is 561. The highest BCUT2D eigenvalue weighted by Crippen LogP contribution is 2.22.